The van der Waals surface area contributed by atoms with Crippen molar-refractivity contribution in [1.29, 1.82) is 0 Å². The van der Waals surface area contributed by atoms with Crippen LogP contribution in [0.1, 0.15) is 45.2 Å². The SMILES string of the molecule is CC.CC1(C)CCc2cncc3cncc1c23. The lowest BCUT2D eigenvalue weighted by Gasteiger charge is -2.31. The van der Waals surface area contributed by atoms with Gasteiger partial charge in [-0.2, -0.15) is 0 Å². The predicted molar refractivity (Wildman–Crippen MR) is 72.2 cm³/mol. The van der Waals surface area contributed by atoms with Crippen LogP contribution >= 0.6 is 0 Å². The Labute approximate surface area is 103 Å². The van der Waals surface area contributed by atoms with Crippen molar-refractivity contribution in [3.63, 3.8) is 0 Å². The second-order valence-electron chi connectivity index (χ2n) is 4.97. The summed E-state index contributed by atoms with van der Waals surface area (Å²) >= 11 is 0. The monoisotopic (exact) mass is 228 g/mol. The fourth-order valence-electron chi connectivity index (χ4n) is 2.49. The van der Waals surface area contributed by atoms with Gasteiger partial charge in [0.2, 0.25) is 0 Å². The van der Waals surface area contributed by atoms with Gasteiger partial charge in [0.25, 0.3) is 0 Å². The average Bonchev–Trinajstić information content (AvgIpc) is 2.37. The van der Waals surface area contributed by atoms with Crippen LogP contribution in [0.25, 0.3) is 10.8 Å². The second kappa shape index (κ2) is 4.44. The number of hydrogen-bond donors (Lipinski definition) is 0. The highest BCUT2D eigenvalue weighted by atomic mass is 14.7. The molecule has 0 saturated heterocycles. The van der Waals surface area contributed by atoms with E-state index in [0.717, 1.165) is 6.42 Å². The standard InChI is InChI=1S/C13H14N2.C2H6/c1-13(2)4-3-9-5-14-6-10-7-15-8-11(13)12(9)10;1-2/h5-8H,3-4H2,1-2H3;1-2H3. The zero-order valence-electron chi connectivity index (χ0n) is 11.1. The number of pyridine rings is 2. The normalized spacial score (nSPS) is 16.2. The van der Waals surface area contributed by atoms with Crippen molar-refractivity contribution in [2.24, 2.45) is 0 Å². The first kappa shape index (κ1) is 12.0. The number of hydrogen-bond acceptors (Lipinski definition) is 2. The molecule has 0 unspecified atom stereocenters. The zero-order chi connectivity index (χ0) is 12.5. The minimum Gasteiger partial charge on any atom is -0.264 e. The minimum absolute atomic E-state index is 0.251. The van der Waals surface area contributed by atoms with Crippen LogP contribution in [0.5, 0.6) is 0 Å². The molecule has 2 heteroatoms. The molecule has 90 valence electrons. The van der Waals surface area contributed by atoms with E-state index in [9.17, 15) is 0 Å². The molecular weight excluding hydrogens is 208 g/mol. The lowest BCUT2D eigenvalue weighted by Crippen LogP contribution is -2.23. The third-order valence-corrected chi connectivity index (χ3v) is 3.49. The molecule has 0 aromatic carbocycles. The summed E-state index contributed by atoms with van der Waals surface area (Å²) in [6.45, 7) is 8.60. The molecule has 3 rings (SSSR count). The maximum Gasteiger partial charge on any atom is 0.0362 e. The molecule has 17 heavy (non-hydrogen) atoms. The quantitative estimate of drug-likeness (QED) is 0.684. The first-order valence-electron chi connectivity index (χ1n) is 6.39. The van der Waals surface area contributed by atoms with E-state index < -0.39 is 0 Å². The maximum absolute atomic E-state index is 4.31. The van der Waals surface area contributed by atoms with Gasteiger partial charge in [-0.3, -0.25) is 9.97 Å². The van der Waals surface area contributed by atoms with E-state index in [1.54, 1.807) is 0 Å². The highest BCUT2D eigenvalue weighted by molar-refractivity contribution is 5.88. The van der Waals surface area contributed by atoms with E-state index >= 15 is 0 Å². The van der Waals surface area contributed by atoms with Crippen LogP contribution in [-0.2, 0) is 11.8 Å². The summed E-state index contributed by atoms with van der Waals surface area (Å²) in [5, 5.41) is 2.56. The summed E-state index contributed by atoms with van der Waals surface area (Å²) in [5.41, 5.74) is 3.01. The summed E-state index contributed by atoms with van der Waals surface area (Å²) < 4.78 is 0. The van der Waals surface area contributed by atoms with Gasteiger partial charge in [-0.1, -0.05) is 27.7 Å². The largest absolute Gasteiger partial charge is 0.264 e. The predicted octanol–water partition coefficient (Wildman–Crippen LogP) is 3.88. The van der Waals surface area contributed by atoms with E-state index in [2.05, 4.69) is 23.8 Å². The second-order valence-corrected chi connectivity index (χ2v) is 4.97. The van der Waals surface area contributed by atoms with Gasteiger partial charge < -0.3 is 0 Å². The molecule has 2 aromatic rings. The van der Waals surface area contributed by atoms with Crippen molar-refractivity contribution in [1.82, 2.24) is 9.97 Å². The first-order chi connectivity index (χ1) is 8.18. The lowest BCUT2D eigenvalue weighted by atomic mass is 9.74. The number of aryl methyl sites for hydroxylation is 1. The fraction of sp³-hybridized carbons (Fsp3) is 0.467. The van der Waals surface area contributed by atoms with Gasteiger partial charge in [0.1, 0.15) is 0 Å². The number of nitrogens with zero attached hydrogens (tertiary/aromatic N) is 2. The maximum atomic E-state index is 4.31. The van der Waals surface area contributed by atoms with Crippen molar-refractivity contribution in [3.05, 3.63) is 35.9 Å². The van der Waals surface area contributed by atoms with Crippen LogP contribution < -0.4 is 0 Å². The fourth-order valence-corrected chi connectivity index (χ4v) is 2.49. The smallest absolute Gasteiger partial charge is 0.0362 e. The highest BCUT2D eigenvalue weighted by Gasteiger charge is 2.28. The molecule has 0 atom stereocenters. The Balaban J connectivity index is 0.000000514. The molecule has 2 aromatic heterocycles. The highest BCUT2D eigenvalue weighted by Crippen LogP contribution is 2.39. The summed E-state index contributed by atoms with van der Waals surface area (Å²) in [5.74, 6) is 0. The first-order valence-corrected chi connectivity index (χ1v) is 6.39. The van der Waals surface area contributed by atoms with Crippen molar-refractivity contribution < 1.29 is 0 Å². The molecule has 0 radical (unpaired) electrons. The third kappa shape index (κ3) is 1.92. The van der Waals surface area contributed by atoms with Gasteiger partial charge in [0.15, 0.2) is 0 Å². The molecule has 2 heterocycles. The van der Waals surface area contributed by atoms with Crippen molar-refractivity contribution >= 4 is 10.8 Å². The van der Waals surface area contributed by atoms with Crippen LogP contribution in [0.4, 0.5) is 0 Å². The Morgan fingerprint density at radius 3 is 2.35 bits per heavy atom. The molecule has 0 N–H and O–H groups in total. The van der Waals surface area contributed by atoms with Gasteiger partial charge in [-0.05, 0) is 34.8 Å². The molecule has 0 fully saturated rings. The van der Waals surface area contributed by atoms with Crippen molar-refractivity contribution in [3.8, 4) is 0 Å². The number of aromatic nitrogens is 2. The molecule has 0 bridgehead atoms. The minimum atomic E-state index is 0.251. The molecule has 0 saturated carbocycles. The summed E-state index contributed by atoms with van der Waals surface area (Å²) in [6.07, 6.45) is 10.2. The van der Waals surface area contributed by atoms with Crippen LogP contribution in [0.15, 0.2) is 24.8 Å². The third-order valence-electron chi connectivity index (χ3n) is 3.49. The van der Waals surface area contributed by atoms with Crippen LogP contribution in [0.3, 0.4) is 0 Å². The summed E-state index contributed by atoms with van der Waals surface area (Å²) in [6, 6.07) is 0. The zero-order valence-corrected chi connectivity index (χ0v) is 11.1. The molecule has 0 aliphatic heterocycles. The van der Waals surface area contributed by atoms with Crippen molar-refractivity contribution in [2.45, 2.75) is 46.0 Å². The van der Waals surface area contributed by atoms with Crippen LogP contribution in [0.2, 0.25) is 0 Å². The van der Waals surface area contributed by atoms with E-state index in [1.807, 2.05) is 38.6 Å². The average molecular weight is 228 g/mol. The van der Waals surface area contributed by atoms with Crippen molar-refractivity contribution in [2.75, 3.05) is 0 Å². The molecule has 2 nitrogen and oxygen atoms in total. The topological polar surface area (TPSA) is 25.8 Å². The Morgan fingerprint density at radius 2 is 1.65 bits per heavy atom. The van der Waals surface area contributed by atoms with E-state index in [4.69, 9.17) is 0 Å². The molecule has 1 aliphatic carbocycles. The van der Waals surface area contributed by atoms with Gasteiger partial charge in [-0.25, -0.2) is 0 Å². The molecule has 0 spiro atoms. The molecule has 0 amide bonds. The molecular formula is C15H20N2. The Hall–Kier alpha value is -1.44. The Bertz CT molecular complexity index is 524. The lowest BCUT2D eigenvalue weighted by molar-refractivity contribution is 0.472. The van der Waals surface area contributed by atoms with E-state index in [0.29, 0.717) is 0 Å². The van der Waals surface area contributed by atoms with Gasteiger partial charge >= 0.3 is 0 Å². The van der Waals surface area contributed by atoms with Gasteiger partial charge in [-0.15, -0.1) is 0 Å². The number of rotatable bonds is 0. The van der Waals surface area contributed by atoms with Gasteiger partial charge in [0, 0.05) is 30.2 Å². The summed E-state index contributed by atoms with van der Waals surface area (Å²) in [4.78, 5) is 8.58. The van der Waals surface area contributed by atoms with Crippen LogP contribution in [0, 0.1) is 0 Å². The summed E-state index contributed by atoms with van der Waals surface area (Å²) in [7, 11) is 0. The Morgan fingerprint density at radius 1 is 1.00 bits per heavy atom. The van der Waals surface area contributed by atoms with E-state index in [1.165, 1.54) is 28.3 Å². The van der Waals surface area contributed by atoms with E-state index in [-0.39, 0.29) is 5.41 Å². The Kier molecular flexibility index (Phi) is 3.14. The van der Waals surface area contributed by atoms with Crippen LogP contribution in [-0.4, -0.2) is 9.97 Å². The molecule has 1 aliphatic rings. The van der Waals surface area contributed by atoms with Gasteiger partial charge in [0.05, 0.1) is 0 Å².